The zero-order chi connectivity index (χ0) is 14.5. The van der Waals surface area contributed by atoms with Crippen LogP contribution in [0.25, 0.3) is 0 Å². The Labute approximate surface area is 115 Å². The van der Waals surface area contributed by atoms with Gasteiger partial charge >= 0.3 is 6.03 Å². The van der Waals surface area contributed by atoms with E-state index in [0.29, 0.717) is 19.0 Å². The highest BCUT2D eigenvalue weighted by molar-refractivity contribution is 5.85. The molecule has 6 heteroatoms. The Bertz CT molecular complexity index is 331. The average molecular weight is 270 g/mol. The molecule has 1 unspecified atom stereocenters. The van der Waals surface area contributed by atoms with E-state index in [2.05, 4.69) is 10.6 Å². The minimum atomic E-state index is -0.534. The second-order valence-corrected chi connectivity index (χ2v) is 5.66. The van der Waals surface area contributed by atoms with E-state index in [-0.39, 0.29) is 5.91 Å². The SMILES string of the molecule is CCNC(C)(C)C(=O)N1CCCC(CNC(N)=O)C1. The molecular weight excluding hydrogens is 244 g/mol. The van der Waals surface area contributed by atoms with Gasteiger partial charge in [0.1, 0.15) is 0 Å². The molecule has 0 spiro atoms. The van der Waals surface area contributed by atoms with Crippen molar-refractivity contribution in [3.05, 3.63) is 0 Å². The Hall–Kier alpha value is -1.30. The monoisotopic (exact) mass is 270 g/mol. The molecule has 0 bridgehead atoms. The quantitative estimate of drug-likeness (QED) is 0.670. The number of carbonyl (C=O) groups excluding carboxylic acids is 2. The zero-order valence-electron chi connectivity index (χ0n) is 12.2. The van der Waals surface area contributed by atoms with Crippen LogP contribution in [-0.4, -0.2) is 48.6 Å². The third kappa shape index (κ3) is 4.70. The van der Waals surface area contributed by atoms with Crippen LogP contribution in [0.1, 0.15) is 33.6 Å². The lowest BCUT2D eigenvalue weighted by Crippen LogP contribution is -2.56. The molecule has 0 saturated carbocycles. The predicted octanol–water partition coefficient (Wildman–Crippen LogP) is 0.281. The second kappa shape index (κ2) is 6.75. The summed E-state index contributed by atoms with van der Waals surface area (Å²) in [4.78, 5) is 25.1. The van der Waals surface area contributed by atoms with Crippen molar-refractivity contribution in [2.45, 2.75) is 39.2 Å². The van der Waals surface area contributed by atoms with Crippen molar-refractivity contribution in [2.75, 3.05) is 26.2 Å². The molecule has 1 heterocycles. The van der Waals surface area contributed by atoms with Gasteiger partial charge in [-0.05, 0) is 39.2 Å². The Balaban J connectivity index is 2.54. The summed E-state index contributed by atoms with van der Waals surface area (Å²) in [7, 11) is 0. The lowest BCUT2D eigenvalue weighted by atomic mass is 9.95. The standard InChI is InChI=1S/C13H26N4O2/c1-4-16-13(2,3)11(18)17-7-5-6-10(9-17)8-15-12(14)19/h10,16H,4-9H2,1-3H3,(H3,14,15,19). The Morgan fingerprint density at radius 2 is 2.11 bits per heavy atom. The summed E-state index contributed by atoms with van der Waals surface area (Å²) < 4.78 is 0. The van der Waals surface area contributed by atoms with Crippen LogP contribution in [-0.2, 0) is 4.79 Å². The normalized spacial score (nSPS) is 20.2. The maximum atomic E-state index is 12.4. The van der Waals surface area contributed by atoms with Crippen molar-refractivity contribution >= 4 is 11.9 Å². The lowest BCUT2D eigenvalue weighted by molar-refractivity contribution is -0.138. The summed E-state index contributed by atoms with van der Waals surface area (Å²) >= 11 is 0. The van der Waals surface area contributed by atoms with E-state index in [0.717, 1.165) is 25.9 Å². The maximum Gasteiger partial charge on any atom is 0.312 e. The number of rotatable bonds is 5. The number of nitrogens with two attached hydrogens (primary N) is 1. The van der Waals surface area contributed by atoms with E-state index in [4.69, 9.17) is 5.73 Å². The minimum Gasteiger partial charge on any atom is -0.352 e. The van der Waals surface area contributed by atoms with Crippen molar-refractivity contribution in [1.29, 1.82) is 0 Å². The number of amides is 3. The summed E-state index contributed by atoms with van der Waals surface area (Å²) in [5.41, 5.74) is 4.54. The Morgan fingerprint density at radius 1 is 1.42 bits per heavy atom. The molecule has 19 heavy (non-hydrogen) atoms. The highest BCUT2D eigenvalue weighted by Crippen LogP contribution is 2.19. The summed E-state index contributed by atoms with van der Waals surface area (Å²) in [6.07, 6.45) is 1.99. The van der Waals surface area contributed by atoms with E-state index >= 15 is 0 Å². The fourth-order valence-corrected chi connectivity index (χ4v) is 2.57. The number of hydrogen-bond donors (Lipinski definition) is 3. The van der Waals surface area contributed by atoms with Gasteiger partial charge in [0.05, 0.1) is 5.54 Å². The van der Waals surface area contributed by atoms with Crippen LogP contribution < -0.4 is 16.4 Å². The number of likely N-dealkylation sites (tertiary alicyclic amines) is 1. The fraction of sp³-hybridized carbons (Fsp3) is 0.846. The van der Waals surface area contributed by atoms with Gasteiger partial charge in [0.15, 0.2) is 0 Å². The number of piperidine rings is 1. The molecule has 1 fully saturated rings. The number of primary amides is 1. The topological polar surface area (TPSA) is 87.5 Å². The van der Waals surface area contributed by atoms with E-state index in [1.165, 1.54) is 0 Å². The van der Waals surface area contributed by atoms with Crippen molar-refractivity contribution in [2.24, 2.45) is 11.7 Å². The van der Waals surface area contributed by atoms with E-state index in [9.17, 15) is 9.59 Å². The smallest absolute Gasteiger partial charge is 0.312 e. The number of nitrogens with zero attached hydrogens (tertiary/aromatic N) is 1. The number of hydrogen-bond acceptors (Lipinski definition) is 3. The van der Waals surface area contributed by atoms with Crippen LogP contribution in [0.5, 0.6) is 0 Å². The summed E-state index contributed by atoms with van der Waals surface area (Å²) in [6, 6.07) is -0.503. The van der Waals surface area contributed by atoms with Crippen molar-refractivity contribution in [1.82, 2.24) is 15.5 Å². The second-order valence-electron chi connectivity index (χ2n) is 5.66. The molecule has 6 nitrogen and oxygen atoms in total. The van der Waals surface area contributed by atoms with E-state index in [1.54, 1.807) is 0 Å². The van der Waals surface area contributed by atoms with Gasteiger partial charge in [-0.25, -0.2) is 4.79 Å². The molecule has 0 radical (unpaired) electrons. The molecule has 1 atom stereocenters. The van der Waals surface area contributed by atoms with Gasteiger partial charge in [-0.2, -0.15) is 0 Å². The summed E-state index contributed by atoms with van der Waals surface area (Å²) in [5.74, 6) is 0.417. The number of urea groups is 1. The first-order valence-electron chi connectivity index (χ1n) is 6.94. The molecule has 0 aromatic carbocycles. The molecule has 1 aliphatic heterocycles. The predicted molar refractivity (Wildman–Crippen MR) is 74.6 cm³/mol. The van der Waals surface area contributed by atoms with Crippen molar-refractivity contribution in [3.63, 3.8) is 0 Å². The summed E-state index contributed by atoms with van der Waals surface area (Å²) in [6.45, 7) is 8.59. The van der Waals surface area contributed by atoms with E-state index < -0.39 is 11.6 Å². The molecule has 1 rings (SSSR count). The van der Waals surface area contributed by atoms with Crippen LogP contribution in [0.3, 0.4) is 0 Å². The highest BCUT2D eigenvalue weighted by atomic mass is 16.2. The molecule has 1 aliphatic rings. The molecule has 0 aliphatic carbocycles. The molecule has 110 valence electrons. The van der Waals surface area contributed by atoms with Crippen LogP contribution in [0, 0.1) is 5.92 Å². The van der Waals surface area contributed by atoms with Crippen molar-refractivity contribution in [3.8, 4) is 0 Å². The van der Waals surface area contributed by atoms with Crippen LogP contribution in [0.4, 0.5) is 4.79 Å². The molecule has 1 saturated heterocycles. The fourth-order valence-electron chi connectivity index (χ4n) is 2.57. The zero-order valence-corrected chi connectivity index (χ0v) is 12.2. The molecule has 0 aromatic rings. The third-order valence-corrected chi connectivity index (χ3v) is 3.52. The number of nitrogens with one attached hydrogen (secondary N) is 2. The van der Waals surface area contributed by atoms with Gasteiger partial charge < -0.3 is 21.3 Å². The first-order chi connectivity index (χ1) is 8.86. The van der Waals surface area contributed by atoms with Gasteiger partial charge in [0.25, 0.3) is 0 Å². The molecule has 3 amide bonds. The average Bonchev–Trinajstić information content (AvgIpc) is 2.35. The van der Waals surface area contributed by atoms with Crippen LogP contribution >= 0.6 is 0 Å². The van der Waals surface area contributed by atoms with Gasteiger partial charge in [0, 0.05) is 19.6 Å². The Kier molecular flexibility index (Phi) is 5.60. The number of carbonyl (C=O) groups is 2. The van der Waals surface area contributed by atoms with Gasteiger partial charge in [-0.15, -0.1) is 0 Å². The van der Waals surface area contributed by atoms with Crippen LogP contribution in [0.2, 0.25) is 0 Å². The van der Waals surface area contributed by atoms with E-state index in [1.807, 2.05) is 25.7 Å². The molecule has 0 aromatic heterocycles. The first kappa shape index (κ1) is 15.8. The maximum absolute atomic E-state index is 12.4. The Morgan fingerprint density at radius 3 is 2.68 bits per heavy atom. The van der Waals surface area contributed by atoms with Gasteiger partial charge in [0.2, 0.25) is 5.91 Å². The summed E-state index contributed by atoms with van der Waals surface area (Å²) in [5, 5.41) is 5.83. The lowest BCUT2D eigenvalue weighted by Gasteiger charge is -2.38. The van der Waals surface area contributed by atoms with Gasteiger partial charge in [-0.3, -0.25) is 4.79 Å². The van der Waals surface area contributed by atoms with Crippen LogP contribution in [0.15, 0.2) is 0 Å². The number of likely N-dealkylation sites (N-methyl/N-ethyl adjacent to an activating group) is 1. The largest absolute Gasteiger partial charge is 0.352 e. The van der Waals surface area contributed by atoms with Gasteiger partial charge in [-0.1, -0.05) is 6.92 Å². The van der Waals surface area contributed by atoms with Crippen molar-refractivity contribution < 1.29 is 9.59 Å². The molecular formula is C13H26N4O2. The molecule has 4 N–H and O–H groups in total. The minimum absolute atomic E-state index is 0.123. The first-order valence-corrected chi connectivity index (χ1v) is 6.94. The third-order valence-electron chi connectivity index (χ3n) is 3.52. The highest BCUT2D eigenvalue weighted by Gasteiger charge is 2.33.